The fraction of sp³-hybridized carbons (Fsp3) is 0.947. The van der Waals surface area contributed by atoms with E-state index in [2.05, 4.69) is 31.0 Å². The second-order valence-corrected chi connectivity index (χ2v) is 12.0. The maximum atomic E-state index is 12.3. The molecule has 2 saturated heterocycles. The molecule has 26 heavy (non-hydrogen) atoms. The monoisotopic (exact) mass is 387 g/mol. The molecule has 0 amide bonds. The molecule has 1 N–H and O–H groups in total. The molecule has 2 aliphatic heterocycles. The number of hydrogen-bond acceptors (Lipinski definition) is 4. The molecule has 0 radical (unpaired) electrons. The van der Waals surface area contributed by atoms with Crippen molar-refractivity contribution in [3.05, 3.63) is 0 Å². The third-order valence-electron chi connectivity index (χ3n) is 5.45. The number of nitrogens with one attached hydrogen (secondary N) is 1. The molecule has 0 spiro atoms. The molecular formula is C19H37N3O3S. The van der Waals surface area contributed by atoms with Crippen molar-refractivity contribution in [1.82, 2.24) is 10.2 Å². The van der Waals surface area contributed by atoms with E-state index in [1.807, 2.05) is 20.8 Å². The summed E-state index contributed by atoms with van der Waals surface area (Å²) < 4.78 is 29.9. The van der Waals surface area contributed by atoms with E-state index in [1.54, 1.807) is 0 Å². The highest BCUT2D eigenvalue weighted by molar-refractivity contribution is 7.92. The van der Waals surface area contributed by atoms with E-state index in [-0.39, 0.29) is 17.3 Å². The van der Waals surface area contributed by atoms with Crippen molar-refractivity contribution < 1.29 is 13.2 Å². The van der Waals surface area contributed by atoms with Crippen LogP contribution in [0.15, 0.2) is 4.99 Å². The SMILES string of the molecule is CCNC(=NCC1CCCOC1C(C)(C)C)N1CCS(=O)(=O)C(C)(C)C1. The quantitative estimate of drug-likeness (QED) is 0.594. The number of ether oxygens (including phenoxy) is 1. The summed E-state index contributed by atoms with van der Waals surface area (Å²) in [5, 5.41) is 3.35. The lowest BCUT2D eigenvalue weighted by Crippen LogP contribution is -2.57. The van der Waals surface area contributed by atoms with Gasteiger partial charge >= 0.3 is 0 Å². The van der Waals surface area contributed by atoms with Crippen LogP contribution in [0.25, 0.3) is 0 Å². The highest BCUT2D eigenvalue weighted by Gasteiger charge is 2.41. The zero-order valence-electron chi connectivity index (χ0n) is 17.3. The fourth-order valence-electron chi connectivity index (χ4n) is 3.94. The highest BCUT2D eigenvalue weighted by Crippen LogP contribution is 2.34. The van der Waals surface area contributed by atoms with Gasteiger partial charge in [-0.15, -0.1) is 0 Å². The van der Waals surface area contributed by atoms with Crippen LogP contribution in [-0.4, -0.2) is 68.7 Å². The van der Waals surface area contributed by atoms with Gasteiger partial charge in [0.25, 0.3) is 0 Å². The number of hydrogen-bond donors (Lipinski definition) is 1. The predicted molar refractivity (Wildman–Crippen MR) is 107 cm³/mol. The molecule has 152 valence electrons. The average Bonchev–Trinajstić information content (AvgIpc) is 2.53. The van der Waals surface area contributed by atoms with Gasteiger partial charge in [-0.2, -0.15) is 0 Å². The Morgan fingerprint density at radius 1 is 1.35 bits per heavy atom. The lowest BCUT2D eigenvalue weighted by Gasteiger charge is -2.41. The first kappa shape index (κ1) is 21.5. The van der Waals surface area contributed by atoms with Gasteiger partial charge in [-0.05, 0) is 39.0 Å². The summed E-state index contributed by atoms with van der Waals surface area (Å²) in [7, 11) is -3.05. The maximum Gasteiger partial charge on any atom is 0.194 e. The van der Waals surface area contributed by atoms with Crippen molar-refractivity contribution in [3.63, 3.8) is 0 Å². The molecule has 7 heteroatoms. The van der Waals surface area contributed by atoms with Crippen molar-refractivity contribution in [1.29, 1.82) is 0 Å². The zero-order valence-corrected chi connectivity index (χ0v) is 18.2. The first-order chi connectivity index (χ1) is 12.0. The zero-order chi connectivity index (χ0) is 19.6. The Hall–Kier alpha value is -0.820. The number of guanidine groups is 1. The lowest BCUT2D eigenvalue weighted by molar-refractivity contribution is -0.0824. The molecule has 2 atom stereocenters. The van der Waals surface area contributed by atoms with Gasteiger partial charge in [0.2, 0.25) is 0 Å². The topological polar surface area (TPSA) is 71.0 Å². The fourth-order valence-corrected chi connectivity index (χ4v) is 5.31. The minimum absolute atomic E-state index is 0.0974. The van der Waals surface area contributed by atoms with Crippen molar-refractivity contribution in [2.45, 2.75) is 65.2 Å². The van der Waals surface area contributed by atoms with Crippen molar-refractivity contribution in [3.8, 4) is 0 Å². The summed E-state index contributed by atoms with van der Waals surface area (Å²) in [6.45, 7) is 15.6. The van der Waals surface area contributed by atoms with Crippen LogP contribution in [0.1, 0.15) is 54.4 Å². The van der Waals surface area contributed by atoms with E-state index in [9.17, 15) is 8.42 Å². The van der Waals surface area contributed by atoms with Gasteiger partial charge in [0.15, 0.2) is 15.8 Å². The Morgan fingerprint density at radius 2 is 2.04 bits per heavy atom. The van der Waals surface area contributed by atoms with Crippen LogP contribution in [0.5, 0.6) is 0 Å². The number of aliphatic imine (C=N–C) groups is 1. The third kappa shape index (κ3) is 4.91. The summed E-state index contributed by atoms with van der Waals surface area (Å²) in [5.41, 5.74) is 0.0974. The van der Waals surface area contributed by atoms with Gasteiger partial charge in [-0.3, -0.25) is 4.99 Å². The van der Waals surface area contributed by atoms with Crippen molar-refractivity contribution in [2.75, 3.05) is 38.5 Å². The second-order valence-electron chi connectivity index (χ2n) is 9.25. The summed E-state index contributed by atoms with van der Waals surface area (Å²) in [6, 6.07) is 0. The van der Waals surface area contributed by atoms with Crippen LogP contribution in [0, 0.1) is 11.3 Å². The number of rotatable bonds is 3. The molecule has 2 heterocycles. The predicted octanol–water partition coefficient (Wildman–Crippen LogP) is 2.30. The molecule has 0 aromatic rings. The van der Waals surface area contributed by atoms with Crippen LogP contribution in [-0.2, 0) is 14.6 Å². The van der Waals surface area contributed by atoms with E-state index < -0.39 is 14.6 Å². The van der Waals surface area contributed by atoms with Crippen LogP contribution in [0.3, 0.4) is 0 Å². The standard InChI is InChI=1S/C19H37N3O3S/c1-7-20-17(22-10-12-26(23,24)19(5,6)14-22)21-13-15-9-8-11-25-16(15)18(2,3)4/h15-16H,7-14H2,1-6H3,(H,20,21). The van der Waals surface area contributed by atoms with Crippen LogP contribution >= 0.6 is 0 Å². The molecular weight excluding hydrogens is 350 g/mol. The van der Waals surface area contributed by atoms with Gasteiger partial charge in [0, 0.05) is 38.7 Å². The van der Waals surface area contributed by atoms with Crippen molar-refractivity contribution in [2.24, 2.45) is 16.3 Å². The van der Waals surface area contributed by atoms with E-state index in [1.165, 1.54) is 0 Å². The van der Waals surface area contributed by atoms with Crippen LogP contribution < -0.4 is 5.32 Å². The summed E-state index contributed by atoms with van der Waals surface area (Å²) >= 11 is 0. The summed E-state index contributed by atoms with van der Waals surface area (Å²) in [4.78, 5) is 6.99. The Balaban J connectivity index is 2.14. The summed E-state index contributed by atoms with van der Waals surface area (Å²) in [5.74, 6) is 1.41. The van der Waals surface area contributed by atoms with Crippen molar-refractivity contribution >= 4 is 15.8 Å². The number of sulfone groups is 1. The van der Waals surface area contributed by atoms with E-state index in [4.69, 9.17) is 9.73 Å². The van der Waals surface area contributed by atoms with E-state index in [0.29, 0.717) is 25.6 Å². The molecule has 0 aromatic heterocycles. The molecule has 0 aliphatic carbocycles. The lowest BCUT2D eigenvalue weighted by atomic mass is 9.78. The molecule has 2 rings (SSSR count). The molecule has 2 unspecified atom stereocenters. The minimum Gasteiger partial charge on any atom is -0.377 e. The third-order valence-corrected chi connectivity index (χ3v) is 7.98. The van der Waals surface area contributed by atoms with E-state index >= 15 is 0 Å². The molecule has 0 aromatic carbocycles. The Morgan fingerprint density at radius 3 is 2.62 bits per heavy atom. The van der Waals surface area contributed by atoms with Gasteiger partial charge in [0.05, 0.1) is 16.6 Å². The molecule has 0 bridgehead atoms. The first-order valence-electron chi connectivity index (χ1n) is 9.85. The van der Waals surface area contributed by atoms with Gasteiger partial charge < -0.3 is 15.0 Å². The van der Waals surface area contributed by atoms with Crippen LogP contribution in [0.4, 0.5) is 0 Å². The largest absolute Gasteiger partial charge is 0.377 e. The van der Waals surface area contributed by atoms with Gasteiger partial charge in [0.1, 0.15) is 0 Å². The minimum atomic E-state index is -3.05. The molecule has 6 nitrogen and oxygen atoms in total. The Kier molecular flexibility index (Phi) is 6.65. The second kappa shape index (κ2) is 8.05. The Bertz CT molecular complexity index is 608. The average molecular weight is 388 g/mol. The maximum absolute atomic E-state index is 12.3. The normalized spacial score (nSPS) is 29.5. The van der Waals surface area contributed by atoms with E-state index in [0.717, 1.165) is 32.0 Å². The molecule has 0 saturated carbocycles. The molecule has 2 aliphatic rings. The smallest absolute Gasteiger partial charge is 0.194 e. The molecule has 2 fully saturated rings. The van der Waals surface area contributed by atoms with Gasteiger partial charge in [-0.1, -0.05) is 20.8 Å². The van der Waals surface area contributed by atoms with Crippen LogP contribution in [0.2, 0.25) is 0 Å². The first-order valence-corrected chi connectivity index (χ1v) is 11.5. The number of nitrogens with zero attached hydrogens (tertiary/aromatic N) is 2. The summed E-state index contributed by atoms with van der Waals surface area (Å²) in [6.07, 6.45) is 2.42. The van der Waals surface area contributed by atoms with Gasteiger partial charge in [-0.25, -0.2) is 8.42 Å². The Labute approximate surface area is 159 Å². The highest BCUT2D eigenvalue weighted by atomic mass is 32.2.